The molecule has 0 aromatic carbocycles. The van der Waals surface area contributed by atoms with E-state index in [2.05, 4.69) is 31.0 Å². The summed E-state index contributed by atoms with van der Waals surface area (Å²) in [6.07, 6.45) is 1.08. The molecule has 1 aliphatic rings. The summed E-state index contributed by atoms with van der Waals surface area (Å²) in [7, 11) is 0. The summed E-state index contributed by atoms with van der Waals surface area (Å²) in [4.78, 5) is 2.46. The van der Waals surface area contributed by atoms with Crippen molar-refractivity contribution in [2.75, 3.05) is 39.3 Å². The largest absolute Gasteiger partial charge is 0.374 e. The first kappa shape index (κ1) is 12.0. The van der Waals surface area contributed by atoms with Crippen LogP contribution < -0.4 is 5.32 Å². The van der Waals surface area contributed by atoms with E-state index < -0.39 is 0 Å². The molecule has 0 atom stereocenters. The Kier molecular flexibility index (Phi) is 4.85. The minimum Gasteiger partial charge on any atom is -0.374 e. The van der Waals surface area contributed by atoms with Crippen molar-refractivity contribution in [2.45, 2.75) is 32.8 Å². The summed E-state index contributed by atoms with van der Waals surface area (Å²) >= 11 is 0. The van der Waals surface area contributed by atoms with Crippen LogP contribution in [0, 0.1) is 0 Å². The van der Waals surface area contributed by atoms with Crippen molar-refractivity contribution in [3.63, 3.8) is 0 Å². The Morgan fingerprint density at radius 2 is 1.93 bits per heavy atom. The van der Waals surface area contributed by atoms with Crippen molar-refractivity contribution in [3.05, 3.63) is 0 Å². The number of piperazine rings is 1. The first-order valence-electron chi connectivity index (χ1n) is 5.71. The summed E-state index contributed by atoms with van der Waals surface area (Å²) in [5.41, 5.74) is 0.0496. The third-order valence-electron chi connectivity index (χ3n) is 2.96. The van der Waals surface area contributed by atoms with E-state index in [1.54, 1.807) is 0 Å². The van der Waals surface area contributed by atoms with Crippen molar-refractivity contribution in [3.8, 4) is 0 Å². The molecule has 0 spiro atoms. The molecule has 1 N–H and O–H groups in total. The number of nitrogens with zero attached hydrogens (tertiary/aromatic N) is 1. The molecule has 0 radical (unpaired) electrons. The van der Waals surface area contributed by atoms with E-state index in [1.807, 2.05) is 0 Å². The predicted octanol–water partition coefficient (Wildman–Crippen LogP) is 1.10. The number of nitrogens with one attached hydrogen (secondary N) is 1. The lowest BCUT2D eigenvalue weighted by Gasteiger charge is -2.29. The minimum atomic E-state index is 0.0496. The molecule has 1 fully saturated rings. The predicted molar refractivity (Wildman–Crippen MR) is 59.6 cm³/mol. The van der Waals surface area contributed by atoms with Gasteiger partial charge in [-0.05, 0) is 20.3 Å². The van der Waals surface area contributed by atoms with Crippen molar-refractivity contribution >= 4 is 0 Å². The van der Waals surface area contributed by atoms with Gasteiger partial charge in [0.25, 0.3) is 0 Å². The van der Waals surface area contributed by atoms with Crippen LogP contribution in [-0.2, 0) is 4.74 Å². The van der Waals surface area contributed by atoms with E-state index in [4.69, 9.17) is 4.74 Å². The quantitative estimate of drug-likeness (QED) is 0.719. The highest BCUT2D eigenvalue weighted by molar-refractivity contribution is 4.69. The van der Waals surface area contributed by atoms with Crippen molar-refractivity contribution in [1.82, 2.24) is 10.2 Å². The van der Waals surface area contributed by atoms with Crippen LogP contribution in [0.2, 0.25) is 0 Å². The van der Waals surface area contributed by atoms with Crippen LogP contribution in [0.4, 0.5) is 0 Å². The summed E-state index contributed by atoms with van der Waals surface area (Å²) in [6, 6.07) is 0. The number of hydrogen-bond acceptors (Lipinski definition) is 3. The molecular formula is C11H24N2O. The maximum absolute atomic E-state index is 5.82. The van der Waals surface area contributed by atoms with Gasteiger partial charge in [-0.1, -0.05) is 6.92 Å². The van der Waals surface area contributed by atoms with Crippen LogP contribution >= 0.6 is 0 Å². The summed E-state index contributed by atoms with van der Waals surface area (Å²) in [5.74, 6) is 0. The molecule has 1 aliphatic heterocycles. The zero-order valence-electron chi connectivity index (χ0n) is 9.81. The molecule has 1 heterocycles. The van der Waals surface area contributed by atoms with E-state index in [0.29, 0.717) is 0 Å². The van der Waals surface area contributed by atoms with E-state index >= 15 is 0 Å². The molecule has 3 nitrogen and oxygen atoms in total. The Morgan fingerprint density at radius 1 is 1.29 bits per heavy atom. The molecule has 0 bridgehead atoms. The van der Waals surface area contributed by atoms with Gasteiger partial charge in [-0.3, -0.25) is 4.90 Å². The average Bonchev–Trinajstić information content (AvgIpc) is 2.19. The van der Waals surface area contributed by atoms with Gasteiger partial charge in [0, 0.05) is 32.7 Å². The van der Waals surface area contributed by atoms with Crippen molar-refractivity contribution in [2.24, 2.45) is 0 Å². The van der Waals surface area contributed by atoms with Gasteiger partial charge in [-0.2, -0.15) is 0 Å². The summed E-state index contributed by atoms with van der Waals surface area (Å²) in [5, 5.41) is 3.35. The standard InChI is InChI=1S/C11H24N2O/c1-4-11(2,3)14-10-9-13-7-5-12-6-8-13/h12H,4-10H2,1-3H3. The average molecular weight is 200 g/mol. The number of rotatable bonds is 5. The molecule has 0 saturated carbocycles. The molecule has 0 aromatic heterocycles. The molecule has 14 heavy (non-hydrogen) atoms. The lowest BCUT2D eigenvalue weighted by Crippen LogP contribution is -2.45. The van der Waals surface area contributed by atoms with Gasteiger partial charge in [0.15, 0.2) is 0 Å². The highest BCUT2D eigenvalue weighted by Crippen LogP contribution is 2.12. The second-order valence-electron chi connectivity index (χ2n) is 4.55. The zero-order chi connectivity index (χ0) is 10.4. The maximum Gasteiger partial charge on any atom is 0.0624 e. The van der Waals surface area contributed by atoms with E-state index in [9.17, 15) is 0 Å². The van der Waals surface area contributed by atoms with Gasteiger partial charge in [-0.25, -0.2) is 0 Å². The fraction of sp³-hybridized carbons (Fsp3) is 1.00. The van der Waals surface area contributed by atoms with Gasteiger partial charge in [-0.15, -0.1) is 0 Å². The molecular weight excluding hydrogens is 176 g/mol. The van der Waals surface area contributed by atoms with Crippen LogP contribution in [0.1, 0.15) is 27.2 Å². The number of hydrogen-bond donors (Lipinski definition) is 1. The van der Waals surface area contributed by atoms with E-state index in [0.717, 1.165) is 45.8 Å². The smallest absolute Gasteiger partial charge is 0.0624 e. The monoisotopic (exact) mass is 200 g/mol. The molecule has 0 unspecified atom stereocenters. The third-order valence-corrected chi connectivity index (χ3v) is 2.96. The Balaban J connectivity index is 2.08. The van der Waals surface area contributed by atoms with E-state index in [-0.39, 0.29) is 5.60 Å². The Bertz CT molecular complexity index is 153. The van der Waals surface area contributed by atoms with E-state index in [1.165, 1.54) is 0 Å². The fourth-order valence-electron chi connectivity index (χ4n) is 1.49. The van der Waals surface area contributed by atoms with Crippen LogP contribution in [0.3, 0.4) is 0 Å². The van der Waals surface area contributed by atoms with Crippen LogP contribution in [-0.4, -0.2) is 49.8 Å². The topological polar surface area (TPSA) is 24.5 Å². The second kappa shape index (κ2) is 5.69. The molecule has 3 heteroatoms. The second-order valence-corrected chi connectivity index (χ2v) is 4.55. The Morgan fingerprint density at radius 3 is 2.50 bits per heavy atom. The van der Waals surface area contributed by atoms with Crippen molar-refractivity contribution < 1.29 is 4.74 Å². The molecule has 0 amide bonds. The lowest BCUT2D eigenvalue weighted by molar-refractivity contribution is -0.0295. The van der Waals surface area contributed by atoms with Gasteiger partial charge in [0.05, 0.1) is 12.2 Å². The van der Waals surface area contributed by atoms with Crippen LogP contribution in [0.5, 0.6) is 0 Å². The zero-order valence-corrected chi connectivity index (χ0v) is 9.81. The third kappa shape index (κ3) is 4.40. The molecule has 84 valence electrons. The Labute approximate surface area is 87.8 Å². The SMILES string of the molecule is CCC(C)(C)OCCN1CCNCC1. The first-order valence-corrected chi connectivity index (χ1v) is 5.71. The highest BCUT2D eigenvalue weighted by atomic mass is 16.5. The fourth-order valence-corrected chi connectivity index (χ4v) is 1.49. The van der Waals surface area contributed by atoms with Crippen LogP contribution in [0.25, 0.3) is 0 Å². The van der Waals surface area contributed by atoms with Crippen molar-refractivity contribution in [1.29, 1.82) is 0 Å². The molecule has 0 aliphatic carbocycles. The van der Waals surface area contributed by atoms with Gasteiger partial charge in [0.2, 0.25) is 0 Å². The maximum atomic E-state index is 5.82. The molecule has 1 saturated heterocycles. The first-order chi connectivity index (χ1) is 6.64. The lowest BCUT2D eigenvalue weighted by atomic mass is 10.1. The summed E-state index contributed by atoms with van der Waals surface area (Å²) in [6.45, 7) is 13.0. The molecule has 1 rings (SSSR count). The number of ether oxygens (including phenoxy) is 1. The van der Waals surface area contributed by atoms with Gasteiger partial charge >= 0.3 is 0 Å². The normalized spacial score (nSPS) is 19.9. The minimum absolute atomic E-state index is 0.0496. The van der Waals surface area contributed by atoms with Gasteiger partial charge < -0.3 is 10.1 Å². The van der Waals surface area contributed by atoms with Gasteiger partial charge in [0.1, 0.15) is 0 Å². The van der Waals surface area contributed by atoms with Crippen LogP contribution in [0.15, 0.2) is 0 Å². The highest BCUT2D eigenvalue weighted by Gasteiger charge is 2.16. The molecule has 0 aromatic rings. The Hall–Kier alpha value is -0.120. The summed E-state index contributed by atoms with van der Waals surface area (Å²) < 4.78 is 5.82.